The van der Waals surface area contributed by atoms with Crippen LogP contribution in [-0.2, 0) is 16.0 Å². The topological polar surface area (TPSA) is 62.3 Å². The highest BCUT2D eigenvalue weighted by atomic mass is 35.5. The number of anilines is 1. The number of halogens is 1. The SMILES string of the molecule is O=C1CCc2cc(/C=C/C(=O)N3CC=C(c4ccccc4Cl)CCC3)cnc2N1. The van der Waals surface area contributed by atoms with E-state index in [1.54, 1.807) is 18.3 Å². The molecule has 2 aliphatic heterocycles. The molecule has 1 N–H and O–H groups in total. The van der Waals surface area contributed by atoms with Crippen molar-refractivity contribution in [2.75, 3.05) is 18.4 Å². The highest BCUT2D eigenvalue weighted by Crippen LogP contribution is 2.28. The van der Waals surface area contributed by atoms with Crippen LogP contribution in [0.2, 0.25) is 5.02 Å². The quantitative estimate of drug-likeness (QED) is 0.770. The van der Waals surface area contributed by atoms with Crippen LogP contribution in [0.15, 0.2) is 48.7 Å². The van der Waals surface area contributed by atoms with Gasteiger partial charge in [-0.3, -0.25) is 9.59 Å². The third kappa shape index (κ3) is 4.57. The first-order valence-electron chi connectivity index (χ1n) is 9.80. The summed E-state index contributed by atoms with van der Waals surface area (Å²) in [6, 6.07) is 9.80. The van der Waals surface area contributed by atoms with Crippen LogP contribution >= 0.6 is 11.6 Å². The van der Waals surface area contributed by atoms with E-state index in [1.807, 2.05) is 35.2 Å². The Morgan fingerprint density at radius 1 is 1.21 bits per heavy atom. The van der Waals surface area contributed by atoms with Gasteiger partial charge in [0.1, 0.15) is 5.82 Å². The van der Waals surface area contributed by atoms with E-state index < -0.39 is 0 Å². The van der Waals surface area contributed by atoms with Gasteiger partial charge in [0.15, 0.2) is 0 Å². The van der Waals surface area contributed by atoms with Gasteiger partial charge in [-0.05, 0) is 59.7 Å². The number of amides is 2. The number of carbonyl (C=O) groups is 2. The van der Waals surface area contributed by atoms with Crippen molar-refractivity contribution in [1.82, 2.24) is 9.88 Å². The number of rotatable bonds is 3. The van der Waals surface area contributed by atoms with Gasteiger partial charge < -0.3 is 10.2 Å². The van der Waals surface area contributed by atoms with Crippen LogP contribution in [0, 0.1) is 0 Å². The predicted molar refractivity (Wildman–Crippen MR) is 115 cm³/mol. The summed E-state index contributed by atoms with van der Waals surface area (Å²) in [5, 5.41) is 3.51. The van der Waals surface area contributed by atoms with E-state index in [2.05, 4.69) is 16.4 Å². The molecular weight excluding hydrogens is 386 g/mol. The number of aryl methyl sites for hydroxylation is 1. The molecular formula is C23H22ClN3O2. The lowest BCUT2D eigenvalue weighted by atomic mass is 10.0. The summed E-state index contributed by atoms with van der Waals surface area (Å²) in [6.07, 6.45) is 10.1. The van der Waals surface area contributed by atoms with E-state index in [0.717, 1.165) is 34.6 Å². The van der Waals surface area contributed by atoms with Gasteiger partial charge in [0.25, 0.3) is 0 Å². The lowest BCUT2D eigenvalue weighted by molar-refractivity contribution is -0.125. The van der Waals surface area contributed by atoms with Crippen molar-refractivity contribution >= 4 is 40.9 Å². The molecule has 0 spiro atoms. The summed E-state index contributed by atoms with van der Waals surface area (Å²) < 4.78 is 0. The standard InChI is InChI=1S/C23H22ClN3O2/c24-20-6-2-1-5-19(20)17-4-3-12-27(13-11-17)22(29)10-7-16-14-18-8-9-21(28)26-23(18)25-15-16/h1-2,5-7,10-11,14-15H,3-4,8-9,12-13H2,(H,25,26,28)/b10-7+. The number of aromatic nitrogens is 1. The van der Waals surface area contributed by atoms with Crippen molar-refractivity contribution in [3.05, 3.63) is 70.4 Å². The minimum atomic E-state index is -0.0207. The fourth-order valence-electron chi connectivity index (χ4n) is 3.68. The highest BCUT2D eigenvalue weighted by molar-refractivity contribution is 6.32. The molecule has 2 aliphatic rings. The first-order chi connectivity index (χ1) is 14.1. The lowest BCUT2D eigenvalue weighted by Gasteiger charge is -2.17. The number of nitrogens with one attached hydrogen (secondary N) is 1. The molecule has 5 nitrogen and oxygen atoms in total. The van der Waals surface area contributed by atoms with Gasteiger partial charge in [0.2, 0.25) is 11.8 Å². The van der Waals surface area contributed by atoms with Crippen LogP contribution in [0.4, 0.5) is 5.82 Å². The Balaban J connectivity index is 1.43. The van der Waals surface area contributed by atoms with Gasteiger partial charge in [-0.15, -0.1) is 0 Å². The highest BCUT2D eigenvalue weighted by Gasteiger charge is 2.17. The van der Waals surface area contributed by atoms with E-state index in [1.165, 1.54) is 5.57 Å². The van der Waals surface area contributed by atoms with Crippen molar-refractivity contribution < 1.29 is 9.59 Å². The van der Waals surface area contributed by atoms with Gasteiger partial charge in [0, 0.05) is 36.8 Å². The minimum absolute atomic E-state index is 0.00570. The minimum Gasteiger partial charge on any atom is -0.335 e. The third-order valence-corrected chi connectivity index (χ3v) is 5.58. The molecule has 1 aromatic heterocycles. The van der Waals surface area contributed by atoms with Gasteiger partial charge in [-0.1, -0.05) is 35.9 Å². The summed E-state index contributed by atoms with van der Waals surface area (Å²) in [4.78, 5) is 30.2. The number of carbonyl (C=O) groups excluding carboxylic acids is 2. The molecule has 29 heavy (non-hydrogen) atoms. The van der Waals surface area contributed by atoms with Gasteiger partial charge in [-0.25, -0.2) is 4.98 Å². The van der Waals surface area contributed by atoms with Crippen LogP contribution < -0.4 is 5.32 Å². The molecule has 148 valence electrons. The van der Waals surface area contributed by atoms with Crippen LogP contribution in [0.1, 0.15) is 36.0 Å². The van der Waals surface area contributed by atoms with Crippen LogP contribution in [0.3, 0.4) is 0 Å². The smallest absolute Gasteiger partial charge is 0.246 e. The van der Waals surface area contributed by atoms with Crippen molar-refractivity contribution in [3.63, 3.8) is 0 Å². The summed E-state index contributed by atoms with van der Waals surface area (Å²) in [5.41, 5.74) is 4.10. The monoisotopic (exact) mass is 407 g/mol. The zero-order valence-electron chi connectivity index (χ0n) is 16.0. The second-order valence-corrected chi connectivity index (χ2v) is 7.66. The number of nitrogens with zero attached hydrogens (tertiary/aromatic N) is 2. The van der Waals surface area contributed by atoms with Crippen molar-refractivity contribution in [2.45, 2.75) is 25.7 Å². The number of benzene rings is 1. The lowest BCUT2D eigenvalue weighted by Crippen LogP contribution is -2.29. The molecule has 0 atom stereocenters. The van der Waals surface area contributed by atoms with Crippen LogP contribution in [0.5, 0.6) is 0 Å². The Morgan fingerprint density at radius 3 is 2.93 bits per heavy atom. The number of hydrogen-bond donors (Lipinski definition) is 1. The Bertz CT molecular complexity index is 1010. The zero-order valence-corrected chi connectivity index (χ0v) is 16.8. The van der Waals surface area contributed by atoms with Gasteiger partial charge in [0.05, 0.1) is 0 Å². The molecule has 0 saturated carbocycles. The average molecular weight is 408 g/mol. The maximum absolute atomic E-state index is 12.7. The molecule has 4 rings (SSSR count). The fraction of sp³-hybridized carbons (Fsp3) is 0.261. The second kappa shape index (κ2) is 8.62. The van der Waals surface area contributed by atoms with Gasteiger partial charge in [-0.2, -0.15) is 0 Å². The Hall–Kier alpha value is -2.92. The molecule has 0 radical (unpaired) electrons. The van der Waals surface area contributed by atoms with E-state index in [0.29, 0.717) is 31.7 Å². The maximum Gasteiger partial charge on any atom is 0.246 e. The second-order valence-electron chi connectivity index (χ2n) is 7.25. The Morgan fingerprint density at radius 2 is 2.07 bits per heavy atom. The number of fused-ring (bicyclic) bond motifs is 1. The molecule has 2 aromatic rings. The molecule has 1 aromatic carbocycles. The predicted octanol–water partition coefficient (Wildman–Crippen LogP) is 4.34. The van der Waals surface area contributed by atoms with Gasteiger partial charge >= 0.3 is 0 Å². The summed E-state index contributed by atoms with van der Waals surface area (Å²) >= 11 is 6.32. The summed E-state index contributed by atoms with van der Waals surface area (Å²) in [7, 11) is 0. The van der Waals surface area contributed by atoms with E-state index in [-0.39, 0.29) is 11.8 Å². The third-order valence-electron chi connectivity index (χ3n) is 5.25. The number of hydrogen-bond acceptors (Lipinski definition) is 3. The first kappa shape index (κ1) is 19.4. The fourth-order valence-corrected chi connectivity index (χ4v) is 3.94. The number of pyridine rings is 1. The van der Waals surface area contributed by atoms with Crippen LogP contribution in [-0.4, -0.2) is 34.8 Å². The molecule has 0 bridgehead atoms. The zero-order chi connectivity index (χ0) is 20.2. The molecule has 6 heteroatoms. The Labute approximate surface area is 175 Å². The molecule has 0 unspecified atom stereocenters. The summed E-state index contributed by atoms with van der Waals surface area (Å²) in [6.45, 7) is 1.28. The van der Waals surface area contributed by atoms with Crippen molar-refractivity contribution in [2.24, 2.45) is 0 Å². The summed E-state index contributed by atoms with van der Waals surface area (Å²) in [5.74, 6) is 0.594. The van der Waals surface area contributed by atoms with Crippen LogP contribution in [0.25, 0.3) is 11.6 Å². The van der Waals surface area contributed by atoms with Crippen molar-refractivity contribution in [3.8, 4) is 0 Å². The van der Waals surface area contributed by atoms with E-state index in [4.69, 9.17) is 11.6 Å². The number of allylic oxidation sites excluding steroid dienone is 1. The normalized spacial score (nSPS) is 16.8. The van der Waals surface area contributed by atoms with E-state index >= 15 is 0 Å². The molecule has 0 fully saturated rings. The molecule has 0 saturated heterocycles. The molecule has 2 amide bonds. The average Bonchev–Trinajstić information content (AvgIpc) is 2.98. The Kier molecular flexibility index (Phi) is 5.76. The molecule has 3 heterocycles. The molecule has 0 aliphatic carbocycles. The van der Waals surface area contributed by atoms with E-state index in [9.17, 15) is 9.59 Å². The maximum atomic E-state index is 12.7. The first-order valence-corrected chi connectivity index (χ1v) is 10.2. The largest absolute Gasteiger partial charge is 0.335 e. The van der Waals surface area contributed by atoms with Crippen molar-refractivity contribution in [1.29, 1.82) is 0 Å².